The molecule has 2 rings (SSSR count). The van der Waals surface area contributed by atoms with Crippen molar-refractivity contribution in [1.82, 2.24) is 4.90 Å². The lowest BCUT2D eigenvalue weighted by Crippen LogP contribution is -2.55. The van der Waals surface area contributed by atoms with E-state index in [0.29, 0.717) is 19.7 Å². The minimum atomic E-state index is -0.457. The zero-order chi connectivity index (χ0) is 15.6. The molecule has 0 bridgehead atoms. The smallest absolute Gasteiger partial charge is 0.410 e. The quantitative estimate of drug-likeness (QED) is 0.852. The first-order valence-electron chi connectivity index (χ1n) is 7.09. The van der Waals surface area contributed by atoms with Crippen LogP contribution in [0.3, 0.4) is 0 Å². The number of amides is 1. The van der Waals surface area contributed by atoms with Gasteiger partial charge >= 0.3 is 6.09 Å². The van der Waals surface area contributed by atoms with Crippen LogP contribution in [-0.2, 0) is 16.1 Å². The molecule has 0 N–H and O–H groups in total. The average molecular weight is 312 g/mol. The van der Waals surface area contributed by atoms with Gasteiger partial charge in [0.2, 0.25) is 0 Å². The van der Waals surface area contributed by atoms with Crippen LogP contribution in [0.2, 0.25) is 5.02 Å². The fraction of sp³-hybridized carbons (Fsp3) is 0.562. The topological polar surface area (TPSA) is 38.8 Å². The van der Waals surface area contributed by atoms with Crippen LogP contribution in [0.15, 0.2) is 18.2 Å². The van der Waals surface area contributed by atoms with Crippen molar-refractivity contribution in [3.8, 4) is 0 Å². The van der Waals surface area contributed by atoms with Gasteiger partial charge in [-0.05, 0) is 44.9 Å². The number of likely N-dealkylation sites (tertiary alicyclic amines) is 1. The number of carbonyl (C=O) groups is 1. The van der Waals surface area contributed by atoms with Crippen LogP contribution in [0.5, 0.6) is 0 Å². The zero-order valence-corrected chi connectivity index (χ0v) is 13.7. The van der Waals surface area contributed by atoms with E-state index >= 15 is 0 Å². The fourth-order valence-electron chi connectivity index (χ4n) is 1.96. The van der Waals surface area contributed by atoms with Gasteiger partial charge in [-0.3, -0.25) is 0 Å². The molecule has 116 valence electrons. The van der Waals surface area contributed by atoms with E-state index in [1.807, 2.05) is 45.9 Å². The molecule has 1 aliphatic rings. The van der Waals surface area contributed by atoms with Crippen molar-refractivity contribution < 1.29 is 14.3 Å². The van der Waals surface area contributed by atoms with Crippen LogP contribution < -0.4 is 0 Å². The standard InChI is InChI=1S/C16H22ClNO3/c1-11-5-6-12(7-14(11)17)10-20-13-8-18(9-13)15(19)21-16(2,3)4/h5-7,13H,8-10H2,1-4H3. The molecule has 1 aromatic rings. The van der Waals surface area contributed by atoms with Crippen LogP contribution in [0.25, 0.3) is 0 Å². The minimum Gasteiger partial charge on any atom is -0.444 e. The summed E-state index contributed by atoms with van der Waals surface area (Å²) in [5.41, 5.74) is 1.64. The Bertz CT molecular complexity index is 519. The van der Waals surface area contributed by atoms with E-state index in [1.165, 1.54) is 0 Å². The Balaban J connectivity index is 1.73. The lowest BCUT2D eigenvalue weighted by molar-refractivity contribution is -0.0691. The molecule has 1 amide bonds. The van der Waals surface area contributed by atoms with Gasteiger partial charge in [0.1, 0.15) is 5.60 Å². The fourth-order valence-corrected chi connectivity index (χ4v) is 2.16. The molecule has 0 unspecified atom stereocenters. The van der Waals surface area contributed by atoms with Crippen molar-refractivity contribution >= 4 is 17.7 Å². The van der Waals surface area contributed by atoms with Gasteiger partial charge in [0, 0.05) is 5.02 Å². The number of benzene rings is 1. The van der Waals surface area contributed by atoms with Crippen LogP contribution in [0, 0.1) is 6.92 Å². The largest absolute Gasteiger partial charge is 0.444 e. The molecule has 0 atom stereocenters. The number of carbonyl (C=O) groups excluding carboxylic acids is 1. The molecule has 4 nitrogen and oxygen atoms in total. The number of halogens is 1. The Morgan fingerprint density at radius 3 is 2.62 bits per heavy atom. The molecule has 5 heteroatoms. The van der Waals surface area contributed by atoms with E-state index < -0.39 is 5.60 Å². The molecular weight excluding hydrogens is 290 g/mol. The normalized spacial score (nSPS) is 15.8. The highest BCUT2D eigenvalue weighted by Crippen LogP contribution is 2.20. The van der Waals surface area contributed by atoms with E-state index in [0.717, 1.165) is 16.1 Å². The van der Waals surface area contributed by atoms with Crippen molar-refractivity contribution in [2.24, 2.45) is 0 Å². The molecule has 1 saturated heterocycles. The molecule has 0 saturated carbocycles. The van der Waals surface area contributed by atoms with Gasteiger partial charge in [-0.2, -0.15) is 0 Å². The highest BCUT2D eigenvalue weighted by atomic mass is 35.5. The maximum absolute atomic E-state index is 11.8. The first kappa shape index (κ1) is 16.1. The number of hydrogen-bond acceptors (Lipinski definition) is 3. The van der Waals surface area contributed by atoms with Crippen LogP contribution in [0.4, 0.5) is 4.79 Å². The molecule has 1 aliphatic heterocycles. The van der Waals surface area contributed by atoms with Gasteiger partial charge in [0.15, 0.2) is 0 Å². The van der Waals surface area contributed by atoms with Gasteiger partial charge in [0.25, 0.3) is 0 Å². The van der Waals surface area contributed by atoms with Gasteiger partial charge in [-0.1, -0.05) is 23.7 Å². The van der Waals surface area contributed by atoms with Crippen LogP contribution in [-0.4, -0.2) is 35.8 Å². The van der Waals surface area contributed by atoms with Crippen LogP contribution >= 0.6 is 11.6 Å². The highest BCUT2D eigenvalue weighted by molar-refractivity contribution is 6.31. The summed E-state index contributed by atoms with van der Waals surface area (Å²) in [5, 5.41) is 0.750. The Hall–Kier alpha value is -1.26. The Kier molecular flexibility index (Phi) is 4.79. The summed E-state index contributed by atoms with van der Waals surface area (Å²) in [4.78, 5) is 13.4. The van der Waals surface area contributed by atoms with Gasteiger partial charge < -0.3 is 14.4 Å². The maximum Gasteiger partial charge on any atom is 0.410 e. The average Bonchev–Trinajstić information content (AvgIpc) is 2.29. The second-order valence-electron chi connectivity index (χ2n) is 6.40. The monoisotopic (exact) mass is 311 g/mol. The van der Waals surface area contributed by atoms with Gasteiger partial charge in [-0.15, -0.1) is 0 Å². The first-order chi connectivity index (χ1) is 9.74. The number of nitrogens with zero attached hydrogens (tertiary/aromatic N) is 1. The zero-order valence-electron chi connectivity index (χ0n) is 13.0. The molecule has 1 heterocycles. The second kappa shape index (κ2) is 6.24. The Morgan fingerprint density at radius 2 is 2.05 bits per heavy atom. The lowest BCUT2D eigenvalue weighted by atomic mass is 10.1. The van der Waals surface area contributed by atoms with E-state index in [1.54, 1.807) is 4.90 Å². The number of ether oxygens (including phenoxy) is 2. The lowest BCUT2D eigenvalue weighted by Gasteiger charge is -2.39. The maximum atomic E-state index is 11.8. The summed E-state index contributed by atoms with van der Waals surface area (Å²) in [7, 11) is 0. The summed E-state index contributed by atoms with van der Waals surface area (Å²) >= 11 is 6.08. The molecular formula is C16H22ClNO3. The molecule has 1 fully saturated rings. The van der Waals surface area contributed by atoms with Crippen molar-refractivity contribution in [3.63, 3.8) is 0 Å². The summed E-state index contributed by atoms with van der Waals surface area (Å²) in [6.07, 6.45) is -0.210. The summed E-state index contributed by atoms with van der Waals surface area (Å²) < 4.78 is 11.1. The van der Waals surface area contributed by atoms with Crippen molar-refractivity contribution in [2.45, 2.75) is 46.0 Å². The van der Waals surface area contributed by atoms with Crippen molar-refractivity contribution in [2.75, 3.05) is 13.1 Å². The predicted octanol–water partition coefficient (Wildman–Crippen LogP) is 3.78. The number of hydrogen-bond donors (Lipinski definition) is 0. The molecule has 0 aromatic heterocycles. The first-order valence-corrected chi connectivity index (χ1v) is 7.47. The van der Waals surface area contributed by atoms with Crippen molar-refractivity contribution in [1.29, 1.82) is 0 Å². The van der Waals surface area contributed by atoms with E-state index in [-0.39, 0.29) is 12.2 Å². The van der Waals surface area contributed by atoms with Crippen molar-refractivity contribution in [3.05, 3.63) is 34.3 Å². The Labute approximate surface area is 131 Å². The van der Waals surface area contributed by atoms with E-state index in [2.05, 4.69) is 0 Å². The molecule has 0 spiro atoms. The third-order valence-corrected chi connectivity index (χ3v) is 3.63. The second-order valence-corrected chi connectivity index (χ2v) is 6.81. The van der Waals surface area contributed by atoms with Gasteiger partial charge in [0.05, 0.1) is 25.8 Å². The molecule has 21 heavy (non-hydrogen) atoms. The van der Waals surface area contributed by atoms with Gasteiger partial charge in [-0.25, -0.2) is 4.79 Å². The summed E-state index contributed by atoms with van der Waals surface area (Å²) in [6, 6.07) is 5.90. The number of aryl methyl sites for hydroxylation is 1. The predicted molar refractivity (Wildman–Crippen MR) is 82.6 cm³/mol. The van der Waals surface area contributed by atoms with Crippen LogP contribution in [0.1, 0.15) is 31.9 Å². The minimum absolute atomic E-state index is 0.0672. The summed E-state index contributed by atoms with van der Waals surface area (Å²) in [6.45, 7) is 9.22. The Morgan fingerprint density at radius 1 is 1.38 bits per heavy atom. The molecule has 0 radical (unpaired) electrons. The third-order valence-electron chi connectivity index (χ3n) is 3.22. The number of rotatable bonds is 3. The van der Waals surface area contributed by atoms with E-state index in [4.69, 9.17) is 21.1 Å². The molecule has 1 aromatic carbocycles. The molecule has 0 aliphatic carbocycles. The third kappa shape index (κ3) is 4.61. The summed E-state index contributed by atoms with van der Waals surface area (Å²) in [5.74, 6) is 0. The highest BCUT2D eigenvalue weighted by Gasteiger charge is 2.34. The SMILES string of the molecule is Cc1ccc(COC2CN(C(=O)OC(C)(C)C)C2)cc1Cl. The van der Waals surface area contributed by atoms with E-state index in [9.17, 15) is 4.79 Å².